The van der Waals surface area contributed by atoms with Crippen molar-refractivity contribution in [3.05, 3.63) is 22.8 Å². The van der Waals surface area contributed by atoms with E-state index in [-0.39, 0.29) is 5.92 Å². The average Bonchev–Trinajstić information content (AvgIpc) is 2.25. The Morgan fingerprint density at radius 3 is 2.21 bits per heavy atom. The van der Waals surface area contributed by atoms with Crippen molar-refractivity contribution >= 4 is 15.7 Å². The number of hydrogen-bond donors (Lipinski definition) is 1. The molecule has 108 valence electrons. The van der Waals surface area contributed by atoms with Crippen LogP contribution in [0.1, 0.15) is 30.5 Å². The maximum atomic E-state index is 12.7. The largest absolute Gasteiger partial charge is 0.398 e. The fraction of sp³-hybridized carbons (Fsp3) is 0.571. The van der Waals surface area contributed by atoms with Crippen molar-refractivity contribution in [2.45, 2.75) is 39.5 Å². The molecular formula is C14H24N2O2S. The van der Waals surface area contributed by atoms with Crippen LogP contribution >= 0.6 is 0 Å². The van der Waals surface area contributed by atoms with Gasteiger partial charge in [0, 0.05) is 19.3 Å². The molecule has 1 rings (SSSR count). The first kappa shape index (κ1) is 16.0. The summed E-state index contributed by atoms with van der Waals surface area (Å²) in [5.74, 6) is 0.280. The molecule has 0 unspecified atom stereocenters. The summed E-state index contributed by atoms with van der Waals surface area (Å²) in [7, 11) is -1.87. The second-order valence-corrected chi connectivity index (χ2v) is 7.52. The quantitative estimate of drug-likeness (QED) is 0.864. The predicted octanol–water partition coefficient (Wildman–Crippen LogP) is 2.47. The van der Waals surface area contributed by atoms with Crippen molar-refractivity contribution in [1.82, 2.24) is 4.31 Å². The normalized spacial score (nSPS) is 12.4. The zero-order valence-electron chi connectivity index (χ0n) is 12.6. The van der Waals surface area contributed by atoms with Crippen LogP contribution in [0.4, 0.5) is 5.69 Å². The van der Waals surface area contributed by atoms with Crippen LogP contribution in [0.3, 0.4) is 0 Å². The van der Waals surface area contributed by atoms with Gasteiger partial charge >= 0.3 is 0 Å². The average molecular weight is 284 g/mol. The standard InChI is InChI=1S/C14H24N2O2S/c1-9(2)8-16(6)19(17,18)14-11(4)10(3)7-13(15)12(14)5/h7,9H,8,15H2,1-6H3. The first-order valence-electron chi connectivity index (χ1n) is 6.41. The Balaban J connectivity index is 3.45. The predicted molar refractivity (Wildman–Crippen MR) is 79.7 cm³/mol. The Bertz CT molecular complexity index is 551. The fourth-order valence-electron chi connectivity index (χ4n) is 2.20. The monoisotopic (exact) mass is 284 g/mol. The Labute approximate surface area is 116 Å². The van der Waals surface area contributed by atoms with Gasteiger partial charge in [-0.25, -0.2) is 12.7 Å². The van der Waals surface area contributed by atoms with Gasteiger partial charge in [-0.1, -0.05) is 13.8 Å². The van der Waals surface area contributed by atoms with Crippen molar-refractivity contribution in [2.24, 2.45) is 5.92 Å². The summed E-state index contributed by atoms with van der Waals surface area (Å²) in [6.45, 7) is 9.96. The smallest absolute Gasteiger partial charge is 0.243 e. The van der Waals surface area contributed by atoms with Crippen LogP contribution in [0.15, 0.2) is 11.0 Å². The molecular weight excluding hydrogens is 260 g/mol. The summed E-state index contributed by atoms with van der Waals surface area (Å²) >= 11 is 0. The molecule has 0 spiro atoms. The molecule has 0 atom stereocenters. The molecule has 0 aliphatic heterocycles. The number of rotatable bonds is 4. The summed E-state index contributed by atoms with van der Waals surface area (Å²) in [6, 6.07) is 1.83. The number of nitrogens with two attached hydrogens (primary N) is 1. The van der Waals surface area contributed by atoms with Crippen molar-refractivity contribution in [3.8, 4) is 0 Å². The van der Waals surface area contributed by atoms with E-state index in [0.717, 1.165) is 11.1 Å². The Hall–Kier alpha value is -1.07. The van der Waals surface area contributed by atoms with E-state index in [2.05, 4.69) is 0 Å². The highest BCUT2D eigenvalue weighted by molar-refractivity contribution is 7.89. The van der Waals surface area contributed by atoms with Gasteiger partial charge in [-0.05, 0) is 49.4 Å². The first-order chi connectivity index (χ1) is 8.59. The van der Waals surface area contributed by atoms with Gasteiger partial charge in [-0.3, -0.25) is 0 Å². The molecule has 5 heteroatoms. The minimum Gasteiger partial charge on any atom is -0.398 e. The number of nitrogens with zero attached hydrogens (tertiary/aromatic N) is 1. The third-order valence-corrected chi connectivity index (χ3v) is 5.47. The molecule has 0 saturated heterocycles. The van der Waals surface area contributed by atoms with Gasteiger partial charge < -0.3 is 5.73 Å². The molecule has 0 amide bonds. The van der Waals surface area contributed by atoms with E-state index in [1.54, 1.807) is 14.0 Å². The fourth-order valence-corrected chi connectivity index (χ4v) is 4.06. The summed E-state index contributed by atoms with van der Waals surface area (Å²) in [6.07, 6.45) is 0. The highest BCUT2D eigenvalue weighted by atomic mass is 32.2. The third kappa shape index (κ3) is 3.09. The van der Waals surface area contributed by atoms with Crippen LogP contribution in [0.5, 0.6) is 0 Å². The molecule has 0 aromatic heterocycles. The summed E-state index contributed by atoms with van der Waals surface area (Å²) in [4.78, 5) is 0.355. The lowest BCUT2D eigenvalue weighted by Gasteiger charge is -2.23. The Kier molecular flexibility index (Phi) is 4.63. The second kappa shape index (κ2) is 5.51. The Morgan fingerprint density at radius 2 is 1.74 bits per heavy atom. The molecule has 0 aliphatic rings. The molecule has 4 nitrogen and oxygen atoms in total. The molecule has 1 aromatic rings. The Morgan fingerprint density at radius 1 is 1.21 bits per heavy atom. The molecule has 0 heterocycles. The minimum absolute atomic E-state index is 0.280. The molecule has 0 bridgehead atoms. The maximum absolute atomic E-state index is 12.7. The van der Waals surface area contributed by atoms with E-state index in [9.17, 15) is 8.42 Å². The molecule has 19 heavy (non-hydrogen) atoms. The topological polar surface area (TPSA) is 63.4 Å². The van der Waals surface area contributed by atoms with E-state index in [1.165, 1.54) is 4.31 Å². The number of nitrogen functional groups attached to an aromatic ring is 1. The number of benzene rings is 1. The van der Waals surface area contributed by atoms with Crippen LogP contribution < -0.4 is 5.73 Å². The number of aryl methyl sites for hydroxylation is 1. The van der Waals surface area contributed by atoms with Gasteiger partial charge in [0.1, 0.15) is 0 Å². The summed E-state index contributed by atoms with van der Waals surface area (Å²) in [5.41, 5.74) is 8.75. The van der Waals surface area contributed by atoms with Crippen LogP contribution in [0, 0.1) is 26.7 Å². The van der Waals surface area contributed by atoms with Crippen LogP contribution in [0.2, 0.25) is 0 Å². The van der Waals surface area contributed by atoms with E-state index in [4.69, 9.17) is 5.73 Å². The lowest BCUT2D eigenvalue weighted by molar-refractivity contribution is 0.416. The van der Waals surface area contributed by atoms with Gasteiger partial charge in [0.15, 0.2) is 0 Å². The first-order valence-corrected chi connectivity index (χ1v) is 7.85. The van der Waals surface area contributed by atoms with Crippen LogP contribution in [0.25, 0.3) is 0 Å². The second-order valence-electron chi connectivity index (χ2n) is 5.54. The lowest BCUT2D eigenvalue weighted by Crippen LogP contribution is -2.31. The molecule has 0 radical (unpaired) electrons. The van der Waals surface area contributed by atoms with Crippen LogP contribution in [-0.4, -0.2) is 26.3 Å². The molecule has 2 N–H and O–H groups in total. The minimum atomic E-state index is -3.49. The van der Waals surface area contributed by atoms with Crippen LogP contribution in [-0.2, 0) is 10.0 Å². The molecule has 0 fully saturated rings. The van der Waals surface area contributed by atoms with Gasteiger partial charge in [0.2, 0.25) is 10.0 Å². The van der Waals surface area contributed by atoms with E-state index in [1.807, 2.05) is 33.8 Å². The summed E-state index contributed by atoms with van der Waals surface area (Å²) in [5, 5.41) is 0. The maximum Gasteiger partial charge on any atom is 0.243 e. The molecule has 1 aromatic carbocycles. The van der Waals surface area contributed by atoms with Gasteiger partial charge in [0.05, 0.1) is 4.90 Å². The van der Waals surface area contributed by atoms with Gasteiger partial charge in [0.25, 0.3) is 0 Å². The highest BCUT2D eigenvalue weighted by Crippen LogP contribution is 2.29. The van der Waals surface area contributed by atoms with Crippen molar-refractivity contribution < 1.29 is 8.42 Å². The number of anilines is 1. The SMILES string of the molecule is Cc1cc(N)c(C)c(S(=O)(=O)N(C)CC(C)C)c1C. The zero-order chi connectivity index (χ0) is 15.0. The van der Waals surface area contributed by atoms with Crippen molar-refractivity contribution in [2.75, 3.05) is 19.3 Å². The molecule has 0 aliphatic carbocycles. The third-order valence-electron chi connectivity index (χ3n) is 3.37. The lowest BCUT2D eigenvalue weighted by atomic mass is 10.1. The highest BCUT2D eigenvalue weighted by Gasteiger charge is 2.27. The number of sulfonamides is 1. The van der Waals surface area contributed by atoms with Crippen molar-refractivity contribution in [3.63, 3.8) is 0 Å². The zero-order valence-corrected chi connectivity index (χ0v) is 13.4. The summed E-state index contributed by atoms with van der Waals surface area (Å²) < 4.78 is 26.8. The van der Waals surface area contributed by atoms with Gasteiger partial charge in [-0.15, -0.1) is 0 Å². The van der Waals surface area contributed by atoms with Gasteiger partial charge in [-0.2, -0.15) is 0 Å². The van der Waals surface area contributed by atoms with Crippen molar-refractivity contribution in [1.29, 1.82) is 0 Å². The molecule has 0 saturated carbocycles. The van der Waals surface area contributed by atoms with E-state index >= 15 is 0 Å². The number of hydrogen-bond acceptors (Lipinski definition) is 3. The van der Waals surface area contributed by atoms with E-state index in [0.29, 0.717) is 22.7 Å². The van der Waals surface area contributed by atoms with E-state index < -0.39 is 10.0 Å².